The zero-order valence-corrected chi connectivity index (χ0v) is 16.3. The number of rotatable bonds is 4. The Bertz CT molecular complexity index is 1180. The molecular formula is C21H15F6N3O2. The summed E-state index contributed by atoms with van der Waals surface area (Å²) in [4.78, 5) is 24.7. The Labute approximate surface area is 177 Å². The Morgan fingerprint density at radius 1 is 0.906 bits per heavy atom. The Morgan fingerprint density at radius 3 is 2.12 bits per heavy atom. The molecule has 32 heavy (non-hydrogen) atoms. The van der Waals surface area contributed by atoms with Crippen molar-refractivity contribution in [3.63, 3.8) is 0 Å². The van der Waals surface area contributed by atoms with Gasteiger partial charge in [0.1, 0.15) is 6.04 Å². The van der Waals surface area contributed by atoms with E-state index >= 15 is 0 Å². The summed E-state index contributed by atoms with van der Waals surface area (Å²) in [6.45, 7) is 1.32. The first kappa shape index (κ1) is 23.0. The van der Waals surface area contributed by atoms with Crippen LogP contribution < -0.4 is 10.9 Å². The SMILES string of the molecule is CC(C(=O)Nc1ccc(C(F)(F)F)cc1)n1nc(-c2cccc(C(F)(F)F)c2)ccc1=O. The van der Waals surface area contributed by atoms with Crippen LogP contribution >= 0.6 is 0 Å². The minimum absolute atomic E-state index is 0.0323. The van der Waals surface area contributed by atoms with Crippen LogP contribution in [0.2, 0.25) is 0 Å². The van der Waals surface area contributed by atoms with Gasteiger partial charge < -0.3 is 5.32 Å². The van der Waals surface area contributed by atoms with E-state index < -0.39 is 41.0 Å². The van der Waals surface area contributed by atoms with E-state index in [9.17, 15) is 35.9 Å². The van der Waals surface area contributed by atoms with Gasteiger partial charge in [-0.15, -0.1) is 0 Å². The maximum absolute atomic E-state index is 13.0. The fraction of sp³-hybridized carbons (Fsp3) is 0.190. The lowest BCUT2D eigenvalue weighted by Crippen LogP contribution is -2.33. The molecule has 0 saturated heterocycles. The average Bonchev–Trinajstić information content (AvgIpc) is 2.73. The van der Waals surface area contributed by atoms with Crippen molar-refractivity contribution in [1.29, 1.82) is 0 Å². The monoisotopic (exact) mass is 455 g/mol. The second-order valence-electron chi connectivity index (χ2n) is 6.82. The van der Waals surface area contributed by atoms with Gasteiger partial charge in [-0.05, 0) is 49.4 Å². The van der Waals surface area contributed by atoms with Crippen molar-refractivity contribution in [2.24, 2.45) is 0 Å². The molecule has 0 spiro atoms. The molecule has 0 aliphatic heterocycles. The third kappa shape index (κ3) is 5.16. The third-order valence-corrected chi connectivity index (χ3v) is 4.54. The predicted molar refractivity (Wildman–Crippen MR) is 104 cm³/mol. The largest absolute Gasteiger partial charge is 0.416 e. The zero-order valence-electron chi connectivity index (χ0n) is 16.3. The van der Waals surface area contributed by atoms with E-state index in [2.05, 4.69) is 10.4 Å². The maximum atomic E-state index is 13.0. The van der Waals surface area contributed by atoms with Crippen molar-refractivity contribution in [3.8, 4) is 11.3 Å². The standard InChI is InChI=1S/C21H15F6N3O2/c1-12(19(32)28-16-7-5-14(6-8-16)20(22,23)24)30-18(31)10-9-17(29-30)13-3-2-4-15(11-13)21(25,26)27/h2-12H,1H3,(H,28,32). The lowest BCUT2D eigenvalue weighted by Gasteiger charge is -2.16. The predicted octanol–water partition coefficient (Wildman–Crippen LogP) is 5.15. The summed E-state index contributed by atoms with van der Waals surface area (Å²) < 4.78 is 77.6. The molecule has 2 aromatic carbocycles. The summed E-state index contributed by atoms with van der Waals surface area (Å²) in [6, 6.07) is 9.11. The number of nitrogens with zero attached hydrogens (tertiary/aromatic N) is 2. The molecule has 11 heteroatoms. The van der Waals surface area contributed by atoms with Crippen molar-refractivity contribution in [1.82, 2.24) is 9.78 Å². The van der Waals surface area contributed by atoms with Crippen LogP contribution in [-0.4, -0.2) is 15.7 Å². The van der Waals surface area contributed by atoms with Gasteiger partial charge in [0.2, 0.25) is 5.91 Å². The van der Waals surface area contributed by atoms with Gasteiger partial charge in [0.15, 0.2) is 0 Å². The minimum Gasteiger partial charge on any atom is -0.324 e. The number of amides is 1. The molecule has 168 valence electrons. The van der Waals surface area contributed by atoms with Gasteiger partial charge in [-0.25, -0.2) is 4.68 Å². The van der Waals surface area contributed by atoms with Gasteiger partial charge in [-0.3, -0.25) is 9.59 Å². The van der Waals surface area contributed by atoms with Gasteiger partial charge >= 0.3 is 12.4 Å². The first-order chi connectivity index (χ1) is 14.9. The fourth-order valence-corrected chi connectivity index (χ4v) is 2.81. The third-order valence-electron chi connectivity index (χ3n) is 4.54. The molecule has 3 rings (SSSR count). The molecule has 1 N–H and O–H groups in total. The number of nitrogens with one attached hydrogen (secondary N) is 1. The molecule has 3 aromatic rings. The van der Waals surface area contributed by atoms with Crippen LogP contribution in [0.25, 0.3) is 11.3 Å². The van der Waals surface area contributed by atoms with E-state index in [4.69, 9.17) is 0 Å². The second-order valence-corrected chi connectivity index (χ2v) is 6.82. The molecule has 1 amide bonds. The van der Waals surface area contributed by atoms with Gasteiger partial charge in [-0.1, -0.05) is 12.1 Å². The van der Waals surface area contributed by atoms with Crippen LogP contribution in [0.15, 0.2) is 65.5 Å². The number of anilines is 1. The van der Waals surface area contributed by atoms with Gasteiger partial charge in [0.05, 0.1) is 16.8 Å². The normalized spacial score (nSPS) is 13.0. The fourth-order valence-electron chi connectivity index (χ4n) is 2.81. The van der Waals surface area contributed by atoms with Gasteiger partial charge in [0.25, 0.3) is 5.56 Å². The van der Waals surface area contributed by atoms with Crippen molar-refractivity contribution < 1.29 is 31.1 Å². The maximum Gasteiger partial charge on any atom is 0.416 e. The summed E-state index contributed by atoms with van der Waals surface area (Å²) in [6.07, 6.45) is -9.10. The summed E-state index contributed by atoms with van der Waals surface area (Å²) in [7, 11) is 0. The molecule has 1 unspecified atom stereocenters. The first-order valence-electron chi connectivity index (χ1n) is 9.12. The van der Waals surface area contributed by atoms with Gasteiger partial charge in [-0.2, -0.15) is 31.4 Å². The van der Waals surface area contributed by atoms with Crippen LogP contribution in [0.3, 0.4) is 0 Å². The van der Waals surface area contributed by atoms with E-state index in [1.807, 2.05) is 0 Å². The number of aromatic nitrogens is 2. The molecule has 1 aromatic heterocycles. The lowest BCUT2D eigenvalue weighted by molar-refractivity contribution is -0.138. The van der Waals surface area contributed by atoms with Crippen LogP contribution in [0, 0.1) is 0 Å². The Balaban J connectivity index is 1.85. The number of benzene rings is 2. The van der Waals surface area contributed by atoms with E-state index in [1.54, 1.807) is 0 Å². The number of alkyl halides is 6. The highest BCUT2D eigenvalue weighted by atomic mass is 19.4. The summed E-state index contributed by atoms with van der Waals surface area (Å²) >= 11 is 0. The van der Waals surface area contributed by atoms with Crippen LogP contribution in [0.4, 0.5) is 32.0 Å². The smallest absolute Gasteiger partial charge is 0.324 e. The van der Waals surface area contributed by atoms with Crippen molar-refractivity contribution in [2.75, 3.05) is 5.32 Å². The van der Waals surface area contributed by atoms with Crippen molar-refractivity contribution in [2.45, 2.75) is 25.3 Å². The first-order valence-corrected chi connectivity index (χ1v) is 9.12. The second kappa shape index (κ2) is 8.48. The lowest BCUT2D eigenvalue weighted by atomic mass is 10.1. The highest BCUT2D eigenvalue weighted by Gasteiger charge is 2.31. The molecule has 0 bridgehead atoms. The highest BCUT2D eigenvalue weighted by Crippen LogP contribution is 2.32. The number of hydrogen-bond donors (Lipinski definition) is 1. The Morgan fingerprint density at radius 2 is 1.53 bits per heavy atom. The number of halogens is 6. The number of carbonyl (C=O) groups is 1. The van der Waals surface area contributed by atoms with E-state index in [0.29, 0.717) is 0 Å². The van der Waals surface area contributed by atoms with E-state index in [-0.39, 0.29) is 16.9 Å². The van der Waals surface area contributed by atoms with Crippen LogP contribution in [0.5, 0.6) is 0 Å². The van der Waals surface area contributed by atoms with Crippen molar-refractivity contribution in [3.05, 3.63) is 82.1 Å². The molecule has 1 heterocycles. The van der Waals surface area contributed by atoms with Gasteiger partial charge in [0, 0.05) is 17.3 Å². The summed E-state index contributed by atoms with van der Waals surface area (Å²) in [5.74, 6) is -0.749. The molecule has 0 saturated carbocycles. The van der Waals surface area contributed by atoms with Crippen LogP contribution in [-0.2, 0) is 17.1 Å². The molecule has 0 radical (unpaired) electrons. The summed E-state index contributed by atoms with van der Waals surface area (Å²) in [5, 5.41) is 6.38. The average molecular weight is 455 g/mol. The molecule has 1 atom stereocenters. The number of carbonyl (C=O) groups excluding carboxylic acids is 1. The van der Waals surface area contributed by atoms with Crippen LogP contribution in [0.1, 0.15) is 24.1 Å². The molecule has 0 aliphatic carbocycles. The molecule has 0 aliphatic rings. The highest BCUT2D eigenvalue weighted by molar-refractivity contribution is 5.93. The number of hydrogen-bond acceptors (Lipinski definition) is 3. The molecular weight excluding hydrogens is 440 g/mol. The van der Waals surface area contributed by atoms with Crippen molar-refractivity contribution >= 4 is 11.6 Å². The topological polar surface area (TPSA) is 64.0 Å². The Hall–Kier alpha value is -3.63. The molecule has 0 fully saturated rings. The Kier molecular flexibility index (Phi) is 6.11. The van der Waals surface area contributed by atoms with E-state index in [1.165, 1.54) is 25.1 Å². The zero-order chi connectivity index (χ0) is 23.7. The summed E-state index contributed by atoms with van der Waals surface area (Å²) in [5.41, 5.74) is -2.29. The quantitative estimate of drug-likeness (QED) is 0.554. The van der Waals surface area contributed by atoms with E-state index in [0.717, 1.165) is 47.1 Å². The minimum atomic E-state index is -4.57. The molecule has 5 nitrogen and oxygen atoms in total.